The van der Waals surface area contributed by atoms with Crippen molar-refractivity contribution < 1.29 is 25.6 Å². The summed E-state index contributed by atoms with van der Waals surface area (Å²) in [7, 11) is -10.4. The van der Waals surface area contributed by atoms with E-state index in [1.54, 1.807) is 0 Å². The van der Waals surface area contributed by atoms with E-state index < -0.39 is 44.0 Å². The van der Waals surface area contributed by atoms with Crippen LogP contribution in [-0.4, -0.2) is 63.8 Å². The van der Waals surface area contributed by atoms with Crippen LogP contribution in [0.15, 0.2) is 0 Å². The number of rotatable bonds is 14. The third-order valence-electron chi connectivity index (χ3n) is 3.96. The monoisotopic (exact) mass is 458 g/mol. The van der Waals surface area contributed by atoms with Gasteiger partial charge in [0.15, 0.2) is 26.4 Å². The van der Waals surface area contributed by atoms with Crippen LogP contribution in [0, 0.1) is 0 Å². The normalized spacial score (nSPS) is 15.1. The van der Waals surface area contributed by atoms with Crippen molar-refractivity contribution in [3.05, 3.63) is 0 Å². The Morgan fingerprint density at radius 3 is 1.35 bits per heavy atom. The standard InChI is InChI=1S/C15H42O6Si5/c1-12-16-26(17-13-2,18-14-3)15(4)24(9,10)21-25(11,19-22(5)6)20-23(7)8/h15,22-23H,12-14H2,1-11H3. The van der Waals surface area contributed by atoms with E-state index in [4.69, 9.17) is 25.6 Å². The predicted octanol–water partition coefficient (Wildman–Crippen LogP) is 3.75. The quantitative estimate of drug-likeness (QED) is 0.369. The maximum atomic E-state index is 6.75. The van der Waals surface area contributed by atoms with E-state index in [0.717, 1.165) is 0 Å². The molecule has 0 aliphatic heterocycles. The van der Waals surface area contributed by atoms with Gasteiger partial charge < -0.3 is 25.6 Å². The third-order valence-corrected chi connectivity index (χ3v) is 23.1. The summed E-state index contributed by atoms with van der Waals surface area (Å²) in [6.45, 7) is 25.0. The minimum atomic E-state index is -2.84. The highest BCUT2D eigenvalue weighted by Crippen LogP contribution is 2.37. The summed E-state index contributed by atoms with van der Waals surface area (Å²) in [5.41, 5.74) is 0. The fraction of sp³-hybridized carbons (Fsp3) is 1.00. The van der Waals surface area contributed by atoms with Gasteiger partial charge in [0.25, 0.3) is 0 Å². The topological polar surface area (TPSA) is 55.4 Å². The summed E-state index contributed by atoms with van der Waals surface area (Å²) in [6.07, 6.45) is 0. The van der Waals surface area contributed by atoms with Crippen LogP contribution in [-0.2, 0) is 25.6 Å². The largest absolute Gasteiger partial charge is 0.503 e. The summed E-state index contributed by atoms with van der Waals surface area (Å²) >= 11 is 0. The highest BCUT2D eigenvalue weighted by atomic mass is 28.5. The van der Waals surface area contributed by atoms with Crippen molar-refractivity contribution in [2.75, 3.05) is 19.8 Å². The van der Waals surface area contributed by atoms with Crippen LogP contribution >= 0.6 is 0 Å². The first-order chi connectivity index (χ1) is 11.9. The second kappa shape index (κ2) is 11.8. The van der Waals surface area contributed by atoms with Crippen molar-refractivity contribution in [3.63, 3.8) is 0 Å². The van der Waals surface area contributed by atoms with Crippen LogP contribution in [0.2, 0.25) is 51.0 Å². The van der Waals surface area contributed by atoms with Crippen LogP contribution in [0.5, 0.6) is 0 Å². The lowest BCUT2D eigenvalue weighted by molar-refractivity contribution is 0.0672. The molecular formula is C15H42O6Si5. The lowest BCUT2D eigenvalue weighted by Gasteiger charge is -2.44. The molecule has 0 fully saturated rings. The summed E-state index contributed by atoms with van der Waals surface area (Å²) in [6, 6.07) is 0. The van der Waals surface area contributed by atoms with Crippen LogP contribution in [0.1, 0.15) is 27.7 Å². The van der Waals surface area contributed by atoms with E-state index >= 15 is 0 Å². The molecule has 0 heterocycles. The second-order valence-corrected chi connectivity index (χ2v) is 23.7. The van der Waals surface area contributed by atoms with Gasteiger partial charge in [-0.2, -0.15) is 0 Å². The molecule has 0 saturated heterocycles. The fourth-order valence-corrected chi connectivity index (χ4v) is 23.3. The zero-order valence-corrected chi connectivity index (χ0v) is 24.1. The van der Waals surface area contributed by atoms with Crippen molar-refractivity contribution in [2.24, 2.45) is 0 Å². The first-order valence-electron chi connectivity index (χ1n) is 9.85. The van der Waals surface area contributed by atoms with Crippen molar-refractivity contribution >= 4 is 44.0 Å². The SMILES string of the molecule is CCO[Si](OCC)(OCC)C(C)[Si](C)(C)O[Si](C)(O[SiH](C)C)O[SiH](C)C. The first-order valence-corrected chi connectivity index (χ1v) is 22.4. The Balaban J connectivity index is 5.68. The fourth-order valence-electron chi connectivity index (χ4n) is 3.03. The zero-order valence-electron chi connectivity index (χ0n) is 18.8. The van der Waals surface area contributed by atoms with Gasteiger partial charge in [-0.15, -0.1) is 0 Å². The maximum Gasteiger partial charge on any atom is 0.503 e. The Morgan fingerprint density at radius 1 is 0.731 bits per heavy atom. The van der Waals surface area contributed by atoms with E-state index in [9.17, 15) is 0 Å². The molecule has 6 nitrogen and oxygen atoms in total. The molecule has 0 aliphatic rings. The molecule has 11 heteroatoms. The molecule has 0 aliphatic carbocycles. The molecule has 0 N–H and O–H groups in total. The molecule has 0 bridgehead atoms. The van der Waals surface area contributed by atoms with Crippen molar-refractivity contribution in [1.29, 1.82) is 0 Å². The Kier molecular flexibility index (Phi) is 12.1. The van der Waals surface area contributed by atoms with Gasteiger partial charge in [-0.05, 0) is 60.1 Å². The average Bonchev–Trinajstić information content (AvgIpc) is 2.44. The molecule has 1 unspecified atom stereocenters. The molecule has 0 aromatic rings. The molecule has 1 atom stereocenters. The van der Waals surface area contributed by atoms with Gasteiger partial charge in [-0.25, -0.2) is 0 Å². The van der Waals surface area contributed by atoms with E-state index in [-0.39, 0.29) is 5.16 Å². The van der Waals surface area contributed by atoms with Crippen LogP contribution in [0.25, 0.3) is 0 Å². The number of hydrogen-bond acceptors (Lipinski definition) is 6. The van der Waals surface area contributed by atoms with Gasteiger partial charge >= 0.3 is 17.6 Å². The van der Waals surface area contributed by atoms with Gasteiger partial charge in [-0.3, -0.25) is 0 Å². The number of hydrogen-bond donors (Lipinski definition) is 0. The molecule has 158 valence electrons. The van der Waals surface area contributed by atoms with Crippen molar-refractivity contribution in [2.45, 2.75) is 78.7 Å². The van der Waals surface area contributed by atoms with Crippen LogP contribution < -0.4 is 0 Å². The molecule has 0 spiro atoms. The summed E-state index contributed by atoms with van der Waals surface area (Å²) < 4.78 is 37.8. The molecule has 26 heavy (non-hydrogen) atoms. The molecule has 0 aromatic heterocycles. The van der Waals surface area contributed by atoms with Gasteiger partial charge in [0.1, 0.15) is 0 Å². The zero-order chi connectivity index (χ0) is 20.6. The second-order valence-electron chi connectivity index (χ2n) is 7.53. The highest BCUT2D eigenvalue weighted by Gasteiger charge is 2.57. The Hall–Kier alpha value is 0.844. The van der Waals surface area contributed by atoms with Crippen molar-refractivity contribution in [1.82, 2.24) is 0 Å². The van der Waals surface area contributed by atoms with Gasteiger partial charge in [-0.1, -0.05) is 6.92 Å². The van der Waals surface area contributed by atoms with Gasteiger partial charge in [0.2, 0.25) is 0 Å². The van der Waals surface area contributed by atoms with Crippen molar-refractivity contribution in [3.8, 4) is 0 Å². The predicted molar refractivity (Wildman–Crippen MR) is 120 cm³/mol. The molecular weight excluding hydrogens is 417 g/mol. The van der Waals surface area contributed by atoms with E-state index in [1.807, 2.05) is 20.8 Å². The van der Waals surface area contributed by atoms with Crippen LogP contribution in [0.4, 0.5) is 0 Å². The Morgan fingerprint density at radius 2 is 1.08 bits per heavy atom. The van der Waals surface area contributed by atoms with Gasteiger partial charge in [0.05, 0.1) is 0 Å². The average molecular weight is 459 g/mol. The molecule has 0 amide bonds. The van der Waals surface area contributed by atoms with E-state index in [1.165, 1.54) is 0 Å². The third kappa shape index (κ3) is 8.47. The Bertz CT molecular complexity index is 370. The lowest BCUT2D eigenvalue weighted by atomic mass is 10.9. The summed E-state index contributed by atoms with van der Waals surface area (Å²) in [5.74, 6) is 0. The maximum absolute atomic E-state index is 6.75. The minimum Gasteiger partial charge on any atom is -0.420 e. The smallest absolute Gasteiger partial charge is 0.420 e. The first kappa shape index (κ1) is 26.8. The summed E-state index contributed by atoms with van der Waals surface area (Å²) in [5, 5.41) is 0.0801. The Labute approximate surface area is 168 Å². The van der Waals surface area contributed by atoms with E-state index in [0.29, 0.717) is 19.8 Å². The van der Waals surface area contributed by atoms with Gasteiger partial charge in [0, 0.05) is 31.5 Å². The molecule has 0 radical (unpaired) electrons. The lowest BCUT2D eigenvalue weighted by Crippen LogP contribution is -2.62. The molecule has 0 rings (SSSR count). The molecule has 0 saturated carbocycles. The van der Waals surface area contributed by atoms with Crippen LogP contribution in [0.3, 0.4) is 0 Å². The molecule has 0 aromatic carbocycles. The highest BCUT2D eigenvalue weighted by molar-refractivity contribution is 6.92. The van der Waals surface area contributed by atoms with E-state index in [2.05, 4.69) is 52.8 Å². The summed E-state index contributed by atoms with van der Waals surface area (Å²) in [4.78, 5) is 0. The minimum absolute atomic E-state index is 0.0801.